The zero-order valence-electron chi connectivity index (χ0n) is 22.1. The second-order valence-electron chi connectivity index (χ2n) is 10.0. The van der Waals surface area contributed by atoms with Crippen molar-refractivity contribution in [1.82, 2.24) is 9.80 Å². The van der Waals surface area contributed by atoms with E-state index in [0.717, 1.165) is 18.0 Å². The molecule has 204 valence electrons. The number of hydrogen-bond donors (Lipinski definition) is 0. The van der Waals surface area contributed by atoms with E-state index in [4.69, 9.17) is 51.8 Å². The predicted octanol–water partition coefficient (Wildman–Crippen LogP) is 8.55. The van der Waals surface area contributed by atoms with Crippen LogP contribution in [0, 0.1) is 0 Å². The van der Waals surface area contributed by atoms with Gasteiger partial charge in [-0.15, -0.1) is 0 Å². The molecule has 1 aromatic carbocycles. The van der Waals surface area contributed by atoms with Gasteiger partial charge in [0.05, 0.1) is 17.8 Å². The Hall–Kier alpha value is -0.430. The van der Waals surface area contributed by atoms with E-state index in [-0.39, 0.29) is 10.9 Å². The molecule has 2 heterocycles. The third kappa shape index (κ3) is 10.7. The lowest BCUT2D eigenvalue weighted by atomic mass is 10.1. The van der Waals surface area contributed by atoms with E-state index in [9.17, 15) is 4.79 Å². The van der Waals surface area contributed by atoms with E-state index >= 15 is 0 Å². The smallest absolute Gasteiger partial charge is 0.275 e. The number of nitrogens with zero attached hydrogens (tertiary/aromatic N) is 2. The van der Waals surface area contributed by atoms with Gasteiger partial charge >= 0.3 is 0 Å². The summed E-state index contributed by atoms with van der Waals surface area (Å²) in [5.74, 6) is -0.379. The fraction of sp³-hybridized carbons (Fsp3) is 0.714. The van der Waals surface area contributed by atoms with E-state index in [1.165, 1.54) is 77.2 Å². The third-order valence-corrected chi connectivity index (χ3v) is 7.53. The molecule has 3 rings (SSSR count). The summed E-state index contributed by atoms with van der Waals surface area (Å²) in [6.07, 6.45) is 16.6. The Labute approximate surface area is 239 Å². The lowest BCUT2D eigenvalue weighted by Gasteiger charge is -2.35. The largest absolute Gasteiger partial charge is 0.373 e. The number of fused-ring (bicyclic) bond motifs is 1. The topological polar surface area (TPSA) is 32.8 Å². The van der Waals surface area contributed by atoms with Gasteiger partial charge in [-0.2, -0.15) is 0 Å². The van der Waals surface area contributed by atoms with E-state index < -0.39 is 3.92 Å². The van der Waals surface area contributed by atoms with Crippen molar-refractivity contribution in [3.63, 3.8) is 0 Å². The maximum atomic E-state index is 11.8. The fourth-order valence-electron chi connectivity index (χ4n) is 4.89. The minimum Gasteiger partial charge on any atom is -0.373 e. The number of thiocarbonyl (C=S) groups is 1. The summed E-state index contributed by atoms with van der Waals surface area (Å²) >= 11 is 22.1. The lowest BCUT2D eigenvalue weighted by Crippen LogP contribution is -2.45. The molecule has 1 fully saturated rings. The Morgan fingerprint density at radius 3 is 1.81 bits per heavy atom. The molecule has 0 aliphatic carbocycles. The van der Waals surface area contributed by atoms with E-state index in [2.05, 4.69) is 25.7 Å². The van der Waals surface area contributed by atoms with Gasteiger partial charge in [0.2, 0.25) is 0 Å². The number of alkyl halides is 3. The molecule has 2 atom stereocenters. The third-order valence-electron chi connectivity index (χ3n) is 6.62. The number of amides is 1. The first-order valence-electron chi connectivity index (χ1n) is 13.6. The van der Waals surface area contributed by atoms with Crippen LogP contribution in [0.4, 0.5) is 0 Å². The molecule has 1 saturated heterocycles. The molecule has 2 aliphatic heterocycles. The number of carbonyl (C=O) groups is 1. The number of benzene rings is 1. The predicted molar refractivity (Wildman–Crippen MR) is 158 cm³/mol. The SMILES string of the molecule is CCCCCCCCCCCCCN1CC(C)OC(C)C1.O=C1c2ccccc2C(=S)N1C(Cl)(Cl)Cl. The van der Waals surface area contributed by atoms with Crippen molar-refractivity contribution in [2.75, 3.05) is 19.6 Å². The fourth-order valence-corrected chi connectivity index (χ4v) is 5.92. The van der Waals surface area contributed by atoms with Gasteiger partial charge in [-0.05, 0) is 32.9 Å². The second kappa shape index (κ2) is 16.5. The van der Waals surface area contributed by atoms with Crippen LogP contribution in [0.2, 0.25) is 0 Å². The standard InChI is InChI=1S/C19H39NO.C9H4Cl3NOS/c1-4-5-6-7-8-9-10-11-12-13-14-15-20-16-18(2)21-19(3)17-20;10-9(11,12)13-7(14)5-3-1-2-4-6(5)8(13)15/h18-19H,4-17H2,1-3H3;1-4H. The van der Waals surface area contributed by atoms with Gasteiger partial charge < -0.3 is 4.74 Å². The van der Waals surface area contributed by atoms with E-state index in [0.29, 0.717) is 23.3 Å². The summed E-state index contributed by atoms with van der Waals surface area (Å²) in [7, 11) is 0. The van der Waals surface area contributed by atoms with Gasteiger partial charge in [0, 0.05) is 18.7 Å². The van der Waals surface area contributed by atoms with Gasteiger partial charge in [-0.25, -0.2) is 0 Å². The molecule has 8 heteroatoms. The number of ether oxygens (including phenoxy) is 1. The molecule has 2 aliphatic rings. The number of morpholine rings is 1. The summed E-state index contributed by atoms with van der Waals surface area (Å²) < 4.78 is 3.94. The Morgan fingerprint density at radius 1 is 0.861 bits per heavy atom. The normalized spacial score (nSPS) is 20.3. The molecule has 0 N–H and O–H groups in total. The second-order valence-corrected chi connectivity index (χ2v) is 12.6. The highest BCUT2D eigenvalue weighted by Gasteiger charge is 2.43. The summed E-state index contributed by atoms with van der Waals surface area (Å²) in [4.78, 5) is 15.7. The molecule has 0 aromatic heterocycles. The molecular formula is C28H43Cl3N2O2S. The first kappa shape index (κ1) is 31.8. The van der Waals surface area contributed by atoms with Crippen molar-refractivity contribution >= 4 is 57.9 Å². The Morgan fingerprint density at radius 2 is 1.33 bits per heavy atom. The van der Waals surface area contributed by atoms with Gasteiger partial charge in [0.15, 0.2) is 0 Å². The van der Waals surface area contributed by atoms with Crippen LogP contribution in [0.15, 0.2) is 24.3 Å². The monoisotopic (exact) mass is 576 g/mol. The first-order chi connectivity index (χ1) is 17.1. The molecule has 0 spiro atoms. The highest BCUT2D eigenvalue weighted by Crippen LogP contribution is 2.38. The summed E-state index contributed by atoms with van der Waals surface area (Å²) in [6.45, 7) is 10.2. The zero-order valence-corrected chi connectivity index (χ0v) is 25.2. The minimum absolute atomic E-state index is 0.246. The first-order valence-corrected chi connectivity index (χ1v) is 15.1. The van der Waals surface area contributed by atoms with Crippen LogP contribution in [-0.2, 0) is 4.74 Å². The van der Waals surface area contributed by atoms with Crippen LogP contribution in [0.3, 0.4) is 0 Å². The minimum atomic E-state index is -1.84. The molecule has 0 radical (unpaired) electrons. The van der Waals surface area contributed by atoms with E-state index in [1.54, 1.807) is 24.3 Å². The molecular weight excluding hydrogens is 535 g/mol. The zero-order chi connectivity index (χ0) is 26.6. The van der Waals surface area contributed by atoms with Gasteiger partial charge in [-0.3, -0.25) is 14.6 Å². The van der Waals surface area contributed by atoms with E-state index in [1.807, 2.05) is 0 Å². The molecule has 0 bridgehead atoms. The maximum absolute atomic E-state index is 11.8. The van der Waals surface area contributed by atoms with Crippen LogP contribution in [0.1, 0.15) is 107 Å². The van der Waals surface area contributed by atoms with Crippen molar-refractivity contribution in [3.05, 3.63) is 35.4 Å². The van der Waals surface area contributed by atoms with Crippen molar-refractivity contribution in [3.8, 4) is 0 Å². The van der Waals surface area contributed by atoms with Gasteiger partial charge in [-0.1, -0.05) is 136 Å². The van der Waals surface area contributed by atoms with Gasteiger partial charge in [0.1, 0.15) is 4.99 Å². The highest BCUT2D eigenvalue weighted by molar-refractivity contribution is 7.80. The molecule has 2 unspecified atom stereocenters. The van der Waals surface area contributed by atoms with Crippen LogP contribution in [0.25, 0.3) is 0 Å². The molecule has 0 saturated carbocycles. The van der Waals surface area contributed by atoms with Gasteiger partial charge in [0.25, 0.3) is 9.82 Å². The van der Waals surface area contributed by atoms with Crippen molar-refractivity contribution in [1.29, 1.82) is 0 Å². The van der Waals surface area contributed by atoms with Crippen molar-refractivity contribution in [2.45, 2.75) is 108 Å². The number of hydrogen-bond acceptors (Lipinski definition) is 4. The van der Waals surface area contributed by atoms with Crippen LogP contribution in [-0.4, -0.2) is 56.5 Å². The van der Waals surface area contributed by atoms with Crippen molar-refractivity contribution < 1.29 is 9.53 Å². The Bertz CT molecular complexity index is 773. The van der Waals surface area contributed by atoms with Crippen molar-refractivity contribution in [2.24, 2.45) is 0 Å². The highest BCUT2D eigenvalue weighted by atomic mass is 35.6. The molecule has 4 nitrogen and oxygen atoms in total. The quantitative estimate of drug-likeness (QED) is 0.108. The summed E-state index contributed by atoms with van der Waals surface area (Å²) in [6, 6.07) is 6.90. The summed E-state index contributed by atoms with van der Waals surface area (Å²) in [5, 5.41) is 0. The summed E-state index contributed by atoms with van der Waals surface area (Å²) in [5.41, 5.74) is 1.10. The Kier molecular flexibility index (Phi) is 14.6. The average Bonchev–Trinajstić information content (AvgIpc) is 3.08. The molecule has 36 heavy (non-hydrogen) atoms. The van der Waals surface area contributed by atoms with Crippen LogP contribution >= 0.6 is 47.0 Å². The lowest BCUT2D eigenvalue weighted by molar-refractivity contribution is -0.0681. The molecule has 1 amide bonds. The number of halogens is 3. The van der Waals surface area contributed by atoms with Crippen LogP contribution in [0.5, 0.6) is 0 Å². The van der Waals surface area contributed by atoms with Crippen LogP contribution < -0.4 is 0 Å². The maximum Gasteiger partial charge on any atom is 0.275 e. The molecule has 1 aromatic rings. The number of carbonyl (C=O) groups excluding carboxylic acids is 1. The number of unbranched alkanes of at least 4 members (excludes halogenated alkanes) is 10. The average molecular weight is 578 g/mol. The Balaban J connectivity index is 0.000000267. The number of rotatable bonds is 12.